The van der Waals surface area contributed by atoms with Gasteiger partial charge < -0.3 is 10.6 Å². The summed E-state index contributed by atoms with van der Waals surface area (Å²) in [6.45, 7) is 4.15. The van der Waals surface area contributed by atoms with Crippen molar-refractivity contribution in [1.82, 2.24) is 9.97 Å². The zero-order chi connectivity index (χ0) is 19.5. The van der Waals surface area contributed by atoms with Crippen molar-refractivity contribution in [1.29, 1.82) is 0 Å². The summed E-state index contributed by atoms with van der Waals surface area (Å²) in [5.41, 5.74) is 6.04. The quantitative estimate of drug-likeness (QED) is 0.517. The van der Waals surface area contributed by atoms with E-state index >= 15 is 0 Å². The molecule has 5 heteroatoms. The Labute approximate surface area is 163 Å². The lowest BCUT2D eigenvalue weighted by atomic mass is 10.1. The summed E-state index contributed by atoms with van der Waals surface area (Å²) in [7, 11) is 0. The predicted octanol–water partition coefficient (Wildman–Crippen LogP) is 5.24. The van der Waals surface area contributed by atoms with Crippen LogP contribution < -0.4 is 10.6 Å². The molecule has 2 N–H and O–H groups in total. The van der Waals surface area contributed by atoms with Crippen LogP contribution in [0.15, 0.2) is 73.1 Å². The van der Waals surface area contributed by atoms with Gasteiger partial charge in [0.15, 0.2) is 0 Å². The molecule has 0 aliphatic rings. The Kier molecular flexibility index (Phi) is 4.72. The maximum Gasteiger partial charge on any atom is 0.274 e. The molecule has 2 aromatic heterocycles. The van der Waals surface area contributed by atoms with Gasteiger partial charge in [-0.3, -0.25) is 9.78 Å². The summed E-state index contributed by atoms with van der Waals surface area (Å²) in [5, 5.41) is 7.22. The maximum atomic E-state index is 12.6. The summed E-state index contributed by atoms with van der Waals surface area (Å²) in [6, 6.07) is 19.2. The van der Waals surface area contributed by atoms with E-state index in [9.17, 15) is 4.79 Å². The summed E-state index contributed by atoms with van der Waals surface area (Å²) in [5.74, 6) is -0.267. The van der Waals surface area contributed by atoms with Gasteiger partial charge in [0.25, 0.3) is 5.91 Å². The van der Waals surface area contributed by atoms with Crippen molar-refractivity contribution in [3.05, 3.63) is 89.9 Å². The zero-order valence-corrected chi connectivity index (χ0v) is 15.7. The van der Waals surface area contributed by atoms with E-state index in [-0.39, 0.29) is 5.91 Å². The van der Waals surface area contributed by atoms with Crippen LogP contribution in [0.2, 0.25) is 0 Å². The van der Waals surface area contributed by atoms with Crippen molar-refractivity contribution in [2.45, 2.75) is 13.8 Å². The van der Waals surface area contributed by atoms with Crippen LogP contribution in [-0.4, -0.2) is 15.9 Å². The number of aryl methyl sites for hydroxylation is 1. The van der Waals surface area contributed by atoms with Crippen LogP contribution in [0.3, 0.4) is 0 Å². The normalized spacial score (nSPS) is 10.6. The Morgan fingerprint density at radius 2 is 1.64 bits per heavy atom. The number of nitrogens with zero attached hydrogens (tertiary/aromatic N) is 2. The molecule has 4 rings (SSSR count). The Morgan fingerprint density at radius 1 is 0.857 bits per heavy atom. The Balaban J connectivity index is 1.52. The average Bonchev–Trinajstić information content (AvgIpc) is 2.72. The SMILES string of the molecule is Cc1cccc(Nc2ccc(C(=O)Nc3cccc4cccnc34)nc2)c1C. The highest BCUT2D eigenvalue weighted by molar-refractivity contribution is 6.07. The molecule has 28 heavy (non-hydrogen) atoms. The molecule has 0 spiro atoms. The van der Waals surface area contributed by atoms with Crippen LogP contribution in [0.25, 0.3) is 10.9 Å². The van der Waals surface area contributed by atoms with E-state index in [1.807, 2.05) is 48.5 Å². The first-order valence-corrected chi connectivity index (χ1v) is 9.06. The minimum Gasteiger partial charge on any atom is -0.354 e. The molecule has 1 amide bonds. The monoisotopic (exact) mass is 368 g/mol. The molecule has 2 heterocycles. The number of hydrogen-bond acceptors (Lipinski definition) is 4. The Hall–Kier alpha value is -3.73. The summed E-state index contributed by atoms with van der Waals surface area (Å²) >= 11 is 0. The number of nitrogens with one attached hydrogen (secondary N) is 2. The minimum absolute atomic E-state index is 0.267. The van der Waals surface area contributed by atoms with Crippen molar-refractivity contribution >= 4 is 33.9 Å². The third-order valence-electron chi connectivity index (χ3n) is 4.76. The molecule has 0 unspecified atom stereocenters. The van der Waals surface area contributed by atoms with E-state index in [4.69, 9.17) is 0 Å². The van der Waals surface area contributed by atoms with Gasteiger partial charge in [-0.2, -0.15) is 0 Å². The molecule has 138 valence electrons. The van der Waals surface area contributed by atoms with Gasteiger partial charge in [0.2, 0.25) is 0 Å². The molecule has 5 nitrogen and oxygen atoms in total. The van der Waals surface area contributed by atoms with Crippen molar-refractivity contribution in [3.8, 4) is 0 Å². The summed E-state index contributed by atoms with van der Waals surface area (Å²) in [6.07, 6.45) is 3.38. The molecule has 0 fully saturated rings. The second-order valence-corrected chi connectivity index (χ2v) is 6.64. The van der Waals surface area contributed by atoms with E-state index < -0.39 is 0 Å². The highest BCUT2D eigenvalue weighted by Gasteiger charge is 2.10. The average molecular weight is 368 g/mol. The van der Waals surface area contributed by atoms with Gasteiger partial charge in [-0.05, 0) is 55.3 Å². The topological polar surface area (TPSA) is 66.9 Å². The molecule has 0 aliphatic carbocycles. The first-order valence-electron chi connectivity index (χ1n) is 9.06. The molecule has 0 saturated carbocycles. The van der Waals surface area contributed by atoms with E-state index in [0.717, 1.165) is 22.3 Å². The lowest BCUT2D eigenvalue weighted by Crippen LogP contribution is -2.14. The van der Waals surface area contributed by atoms with Gasteiger partial charge in [-0.25, -0.2) is 4.98 Å². The molecular formula is C23H20N4O. The Morgan fingerprint density at radius 3 is 2.46 bits per heavy atom. The minimum atomic E-state index is -0.267. The van der Waals surface area contributed by atoms with E-state index in [1.165, 1.54) is 11.1 Å². The number of fused-ring (bicyclic) bond motifs is 1. The number of rotatable bonds is 4. The fourth-order valence-corrected chi connectivity index (χ4v) is 3.04. The van der Waals surface area contributed by atoms with E-state index in [0.29, 0.717) is 11.4 Å². The molecule has 4 aromatic rings. The van der Waals surface area contributed by atoms with E-state index in [2.05, 4.69) is 40.5 Å². The smallest absolute Gasteiger partial charge is 0.274 e. The zero-order valence-electron chi connectivity index (χ0n) is 15.7. The third-order valence-corrected chi connectivity index (χ3v) is 4.76. The van der Waals surface area contributed by atoms with Gasteiger partial charge in [0, 0.05) is 17.3 Å². The summed E-state index contributed by atoms with van der Waals surface area (Å²) in [4.78, 5) is 21.3. The second-order valence-electron chi connectivity index (χ2n) is 6.64. The fraction of sp³-hybridized carbons (Fsp3) is 0.0870. The maximum absolute atomic E-state index is 12.6. The lowest BCUT2D eigenvalue weighted by molar-refractivity contribution is 0.102. The van der Waals surface area contributed by atoms with Crippen LogP contribution >= 0.6 is 0 Å². The number of pyridine rings is 2. The van der Waals surface area contributed by atoms with Crippen LogP contribution in [0.4, 0.5) is 17.1 Å². The van der Waals surface area contributed by atoms with E-state index in [1.54, 1.807) is 18.5 Å². The van der Waals surface area contributed by atoms with Gasteiger partial charge in [-0.15, -0.1) is 0 Å². The number of aromatic nitrogens is 2. The van der Waals surface area contributed by atoms with Crippen LogP contribution in [0, 0.1) is 13.8 Å². The number of anilines is 3. The number of hydrogen-bond donors (Lipinski definition) is 2. The highest BCUT2D eigenvalue weighted by atomic mass is 16.1. The third kappa shape index (κ3) is 3.55. The number of amides is 1. The highest BCUT2D eigenvalue weighted by Crippen LogP contribution is 2.23. The first kappa shape index (κ1) is 17.7. The largest absolute Gasteiger partial charge is 0.354 e. The lowest BCUT2D eigenvalue weighted by Gasteiger charge is -2.12. The number of carbonyl (C=O) groups is 1. The van der Waals surface area contributed by atoms with Gasteiger partial charge >= 0.3 is 0 Å². The second kappa shape index (κ2) is 7.48. The van der Waals surface area contributed by atoms with Gasteiger partial charge in [0.1, 0.15) is 5.69 Å². The molecular weight excluding hydrogens is 348 g/mol. The van der Waals surface area contributed by atoms with Crippen molar-refractivity contribution < 1.29 is 4.79 Å². The van der Waals surface area contributed by atoms with Crippen molar-refractivity contribution in [2.24, 2.45) is 0 Å². The Bertz CT molecular complexity index is 1150. The predicted molar refractivity (Wildman–Crippen MR) is 113 cm³/mol. The van der Waals surface area contributed by atoms with Crippen molar-refractivity contribution in [3.63, 3.8) is 0 Å². The number of benzene rings is 2. The van der Waals surface area contributed by atoms with Crippen molar-refractivity contribution in [2.75, 3.05) is 10.6 Å². The van der Waals surface area contributed by atoms with Crippen LogP contribution in [0.1, 0.15) is 21.6 Å². The molecule has 0 bridgehead atoms. The molecule has 0 saturated heterocycles. The first-order chi connectivity index (χ1) is 13.6. The summed E-state index contributed by atoms with van der Waals surface area (Å²) < 4.78 is 0. The van der Waals surface area contributed by atoms with Crippen LogP contribution in [-0.2, 0) is 0 Å². The fourth-order valence-electron chi connectivity index (χ4n) is 3.04. The van der Waals surface area contributed by atoms with Gasteiger partial charge in [-0.1, -0.05) is 30.3 Å². The molecule has 0 radical (unpaired) electrons. The molecule has 0 aliphatic heterocycles. The van der Waals surface area contributed by atoms with Gasteiger partial charge in [0.05, 0.1) is 23.1 Å². The molecule has 0 atom stereocenters. The molecule has 2 aromatic carbocycles. The number of carbonyl (C=O) groups excluding carboxylic acids is 1. The standard InChI is InChI=1S/C23H20N4O/c1-15-6-3-9-19(16(15)2)26-18-11-12-21(25-14-18)23(28)27-20-10-4-7-17-8-5-13-24-22(17)20/h3-14,26H,1-2H3,(H,27,28). The number of para-hydroxylation sites is 1. The van der Waals surface area contributed by atoms with Crippen LogP contribution in [0.5, 0.6) is 0 Å².